The van der Waals surface area contributed by atoms with Gasteiger partial charge in [-0.2, -0.15) is 0 Å². The van der Waals surface area contributed by atoms with Crippen LogP contribution >= 0.6 is 0 Å². The van der Waals surface area contributed by atoms with Gasteiger partial charge in [0.05, 0.1) is 7.11 Å². The summed E-state index contributed by atoms with van der Waals surface area (Å²) in [7, 11) is 7.85. The number of nitrogens with zero attached hydrogens (tertiary/aromatic N) is 2. The Labute approximate surface area is 127 Å². The quantitative estimate of drug-likeness (QED) is 0.697. The summed E-state index contributed by atoms with van der Waals surface area (Å²) >= 11 is 0. The van der Waals surface area contributed by atoms with Gasteiger partial charge in [0.25, 0.3) is 5.91 Å². The average molecular weight is 293 g/mol. The molecule has 1 amide bonds. The molecular formula is C16H27N3O2. The Kier molecular flexibility index (Phi) is 7.79. The highest BCUT2D eigenvalue weighted by Crippen LogP contribution is 2.12. The SMILES string of the molecule is COc1cccc(C(=O)NCCCN(C)CCN(C)C)c1. The van der Waals surface area contributed by atoms with Gasteiger partial charge < -0.3 is 19.9 Å². The maximum Gasteiger partial charge on any atom is 0.251 e. The van der Waals surface area contributed by atoms with Crippen molar-refractivity contribution < 1.29 is 9.53 Å². The molecule has 0 radical (unpaired) electrons. The zero-order valence-electron chi connectivity index (χ0n) is 13.6. The predicted molar refractivity (Wildman–Crippen MR) is 86.0 cm³/mol. The molecule has 0 fully saturated rings. The van der Waals surface area contributed by atoms with Gasteiger partial charge in [0, 0.05) is 25.2 Å². The smallest absolute Gasteiger partial charge is 0.251 e. The molecule has 0 aliphatic carbocycles. The molecule has 5 heteroatoms. The molecule has 1 aromatic carbocycles. The summed E-state index contributed by atoms with van der Waals surface area (Å²) in [6.45, 7) is 3.75. The van der Waals surface area contributed by atoms with Crippen molar-refractivity contribution in [3.63, 3.8) is 0 Å². The van der Waals surface area contributed by atoms with Gasteiger partial charge in [-0.25, -0.2) is 0 Å². The molecule has 0 saturated heterocycles. The van der Waals surface area contributed by atoms with Crippen molar-refractivity contribution in [3.8, 4) is 5.75 Å². The number of carbonyl (C=O) groups excluding carboxylic acids is 1. The number of amides is 1. The number of hydrogen-bond acceptors (Lipinski definition) is 4. The Bertz CT molecular complexity index is 435. The standard InChI is InChI=1S/C16H27N3O2/c1-18(2)11-12-19(3)10-6-9-17-16(20)14-7-5-8-15(13-14)21-4/h5,7-8,13H,6,9-12H2,1-4H3,(H,17,20). The van der Waals surface area contributed by atoms with Crippen molar-refractivity contribution in [2.75, 3.05) is 54.4 Å². The second-order valence-electron chi connectivity index (χ2n) is 5.45. The summed E-state index contributed by atoms with van der Waals surface area (Å²) in [5.41, 5.74) is 0.635. The summed E-state index contributed by atoms with van der Waals surface area (Å²) < 4.78 is 5.12. The number of nitrogens with one attached hydrogen (secondary N) is 1. The normalized spacial score (nSPS) is 11.0. The molecule has 0 aliphatic rings. The number of ether oxygens (including phenoxy) is 1. The Morgan fingerprint density at radius 2 is 1.95 bits per heavy atom. The Balaban J connectivity index is 2.24. The fourth-order valence-corrected chi connectivity index (χ4v) is 1.90. The second-order valence-corrected chi connectivity index (χ2v) is 5.45. The fourth-order valence-electron chi connectivity index (χ4n) is 1.90. The van der Waals surface area contributed by atoms with Crippen LogP contribution in [0.1, 0.15) is 16.8 Å². The Hall–Kier alpha value is -1.59. The van der Waals surface area contributed by atoms with Crippen molar-refractivity contribution in [1.29, 1.82) is 0 Å². The van der Waals surface area contributed by atoms with Crippen molar-refractivity contribution >= 4 is 5.91 Å². The highest BCUT2D eigenvalue weighted by atomic mass is 16.5. The van der Waals surface area contributed by atoms with Crippen molar-refractivity contribution in [1.82, 2.24) is 15.1 Å². The van der Waals surface area contributed by atoms with Gasteiger partial charge in [-0.1, -0.05) is 6.07 Å². The third-order valence-corrected chi connectivity index (χ3v) is 3.26. The van der Waals surface area contributed by atoms with Crippen LogP contribution in [0, 0.1) is 0 Å². The van der Waals surface area contributed by atoms with E-state index in [9.17, 15) is 4.79 Å². The summed E-state index contributed by atoms with van der Waals surface area (Å²) in [6, 6.07) is 7.19. The molecule has 0 aliphatic heterocycles. The van der Waals surface area contributed by atoms with Crippen LogP contribution in [0.4, 0.5) is 0 Å². The van der Waals surface area contributed by atoms with Gasteiger partial charge in [-0.05, 0) is 52.3 Å². The molecule has 1 N–H and O–H groups in total. The highest BCUT2D eigenvalue weighted by Gasteiger charge is 2.06. The highest BCUT2D eigenvalue weighted by molar-refractivity contribution is 5.94. The van der Waals surface area contributed by atoms with E-state index in [0.717, 1.165) is 26.1 Å². The van der Waals surface area contributed by atoms with E-state index in [-0.39, 0.29) is 5.91 Å². The van der Waals surface area contributed by atoms with E-state index in [0.29, 0.717) is 17.9 Å². The first-order chi connectivity index (χ1) is 10.0. The van der Waals surface area contributed by atoms with Crippen LogP contribution in [0.5, 0.6) is 5.75 Å². The summed E-state index contributed by atoms with van der Waals surface area (Å²) in [4.78, 5) is 16.4. The van der Waals surface area contributed by atoms with Crippen LogP contribution in [0.25, 0.3) is 0 Å². The number of carbonyl (C=O) groups is 1. The van der Waals surface area contributed by atoms with Crippen LogP contribution in [0.2, 0.25) is 0 Å². The largest absolute Gasteiger partial charge is 0.497 e. The van der Waals surface area contributed by atoms with Gasteiger partial charge >= 0.3 is 0 Å². The molecule has 0 saturated carbocycles. The lowest BCUT2D eigenvalue weighted by molar-refractivity contribution is 0.0951. The van der Waals surface area contributed by atoms with Crippen LogP contribution in [0.15, 0.2) is 24.3 Å². The molecule has 0 bridgehead atoms. The lowest BCUT2D eigenvalue weighted by Crippen LogP contribution is -2.32. The average Bonchev–Trinajstić information content (AvgIpc) is 2.49. The molecule has 0 heterocycles. The second kappa shape index (κ2) is 9.37. The molecule has 1 aromatic rings. The van der Waals surface area contributed by atoms with E-state index in [4.69, 9.17) is 4.74 Å². The molecular weight excluding hydrogens is 266 g/mol. The van der Waals surface area contributed by atoms with Gasteiger partial charge in [0.15, 0.2) is 0 Å². The molecule has 0 spiro atoms. The van der Waals surface area contributed by atoms with Gasteiger partial charge in [0.1, 0.15) is 5.75 Å². The third kappa shape index (κ3) is 7.11. The van der Waals surface area contributed by atoms with Gasteiger partial charge in [-0.3, -0.25) is 4.79 Å². The van der Waals surface area contributed by atoms with E-state index in [2.05, 4.69) is 36.3 Å². The zero-order chi connectivity index (χ0) is 15.7. The molecule has 21 heavy (non-hydrogen) atoms. The van der Waals surface area contributed by atoms with Gasteiger partial charge in [-0.15, -0.1) is 0 Å². The van der Waals surface area contributed by atoms with E-state index in [1.165, 1.54) is 0 Å². The number of likely N-dealkylation sites (N-methyl/N-ethyl adjacent to an activating group) is 2. The van der Waals surface area contributed by atoms with Crippen LogP contribution in [0.3, 0.4) is 0 Å². The van der Waals surface area contributed by atoms with Crippen LogP contribution < -0.4 is 10.1 Å². The first kappa shape index (κ1) is 17.5. The molecule has 118 valence electrons. The first-order valence-corrected chi connectivity index (χ1v) is 7.28. The molecule has 0 atom stereocenters. The lowest BCUT2D eigenvalue weighted by atomic mass is 10.2. The fraction of sp³-hybridized carbons (Fsp3) is 0.562. The van der Waals surface area contributed by atoms with E-state index >= 15 is 0 Å². The number of benzene rings is 1. The molecule has 5 nitrogen and oxygen atoms in total. The first-order valence-electron chi connectivity index (χ1n) is 7.28. The van der Waals surface area contributed by atoms with E-state index in [1.54, 1.807) is 19.2 Å². The predicted octanol–water partition coefficient (Wildman–Crippen LogP) is 1.31. The summed E-state index contributed by atoms with van der Waals surface area (Å²) in [5.74, 6) is 0.649. The Morgan fingerprint density at radius 1 is 1.19 bits per heavy atom. The number of rotatable bonds is 9. The van der Waals surface area contributed by atoms with Crippen molar-refractivity contribution in [2.45, 2.75) is 6.42 Å². The van der Waals surface area contributed by atoms with Crippen molar-refractivity contribution in [3.05, 3.63) is 29.8 Å². The molecule has 0 aromatic heterocycles. The maximum atomic E-state index is 12.0. The minimum Gasteiger partial charge on any atom is -0.497 e. The van der Waals surface area contributed by atoms with Crippen LogP contribution in [-0.4, -0.2) is 70.1 Å². The minimum atomic E-state index is -0.0511. The van der Waals surface area contributed by atoms with E-state index < -0.39 is 0 Å². The third-order valence-electron chi connectivity index (χ3n) is 3.26. The molecule has 1 rings (SSSR count). The Morgan fingerprint density at radius 3 is 2.62 bits per heavy atom. The van der Waals surface area contributed by atoms with Gasteiger partial charge in [0.2, 0.25) is 0 Å². The summed E-state index contributed by atoms with van der Waals surface area (Å²) in [6.07, 6.45) is 0.944. The summed E-state index contributed by atoms with van der Waals surface area (Å²) in [5, 5.41) is 2.94. The number of hydrogen-bond donors (Lipinski definition) is 1. The lowest BCUT2D eigenvalue weighted by Gasteiger charge is -2.19. The zero-order valence-corrected chi connectivity index (χ0v) is 13.6. The minimum absolute atomic E-state index is 0.0511. The van der Waals surface area contributed by atoms with Crippen molar-refractivity contribution in [2.24, 2.45) is 0 Å². The number of methoxy groups -OCH3 is 1. The maximum absolute atomic E-state index is 12.0. The topological polar surface area (TPSA) is 44.8 Å². The monoisotopic (exact) mass is 293 g/mol. The molecule has 0 unspecified atom stereocenters. The van der Waals surface area contributed by atoms with E-state index in [1.807, 2.05) is 12.1 Å². The van der Waals surface area contributed by atoms with Crippen LogP contribution in [-0.2, 0) is 0 Å².